The Morgan fingerprint density at radius 1 is 1.00 bits per heavy atom. The van der Waals surface area contributed by atoms with Gasteiger partial charge in [0.2, 0.25) is 18.2 Å². The van der Waals surface area contributed by atoms with Crippen LogP contribution in [0.1, 0.15) is 83.5 Å². The number of carbonyl (C=O) groups is 4. The number of hydrogen-bond acceptors (Lipinski definition) is 13. The zero-order valence-electron chi connectivity index (χ0n) is 33.0. The summed E-state index contributed by atoms with van der Waals surface area (Å²) in [6, 6.07) is 10.7. The molecule has 60 heavy (non-hydrogen) atoms. The molecule has 320 valence electrons. The molecule has 3 fully saturated rings. The summed E-state index contributed by atoms with van der Waals surface area (Å²) in [6.07, 6.45) is 0.780. The third-order valence-corrected chi connectivity index (χ3v) is 11.4. The van der Waals surface area contributed by atoms with E-state index in [2.05, 4.69) is 46.4 Å². The first-order valence-electron chi connectivity index (χ1n) is 20.2. The lowest BCUT2D eigenvalue weighted by atomic mass is 9.92. The summed E-state index contributed by atoms with van der Waals surface area (Å²) < 4.78 is 46.2. The smallest absolute Gasteiger partial charge is 0.453 e. The SMILES string of the molecule is Cc1c(C(=O)N(C=O)C2CCC(O)NC2=O)cccc1N1CCC(CNCCNc2ccc(C(=O)NC3CCC(Oc4ccc5nnc(C(F)(F)F)n5n4)CC3)cn2)CC1. The first-order valence-corrected chi connectivity index (χ1v) is 20.2. The van der Waals surface area contributed by atoms with E-state index in [1.54, 1.807) is 24.3 Å². The maximum atomic E-state index is 13.4. The van der Waals surface area contributed by atoms with Gasteiger partial charge in [-0.1, -0.05) is 6.07 Å². The van der Waals surface area contributed by atoms with Crippen LogP contribution in [-0.2, 0) is 15.8 Å². The predicted molar refractivity (Wildman–Crippen MR) is 211 cm³/mol. The van der Waals surface area contributed by atoms with Gasteiger partial charge in [-0.25, -0.2) is 4.98 Å². The number of nitrogens with one attached hydrogen (secondary N) is 4. The van der Waals surface area contributed by atoms with Gasteiger partial charge >= 0.3 is 6.18 Å². The van der Waals surface area contributed by atoms with Gasteiger partial charge < -0.3 is 36.0 Å². The van der Waals surface area contributed by atoms with Crippen molar-refractivity contribution in [2.75, 3.05) is 42.9 Å². The van der Waals surface area contributed by atoms with Crippen molar-refractivity contribution >= 4 is 41.3 Å². The lowest BCUT2D eigenvalue weighted by molar-refractivity contribution is -0.146. The Hall–Kier alpha value is -5.89. The molecule has 0 bridgehead atoms. The number of aliphatic hydroxyl groups excluding tert-OH is 1. The number of nitrogens with zero attached hydrogens (tertiary/aromatic N) is 7. The van der Waals surface area contributed by atoms with E-state index >= 15 is 0 Å². The highest BCUT2D eigenvalue weighted by molar-refractivity contribution is 6.05. The first-order chi connectivity index (χ1) is 28.9. The minimum Gasteiger partial charge on any atom is -0.473 e. The Bertz CT molecular complexity index is 2150. The molecule has 5 N–H and O–H groups in total. The van der Waals surface area contributed by atoms with Gasteiger partial charge in [0.05, 0.1) is 5.56 Å². The Morgan fingerprint density at radius 2 is 1.78 bits per heavy atom. The normalized spacial score (nSPS) is 21.3. The number of carbonyl (C=O) groups excluding carboxylic acids is 4. The van der Waals surface area contributed by atoms with Crippen molar-refractivity contribution in [2.45, 2.75) is 88.9 Å². The number of rotatable bonds is 14. The molecule has 20 heteroatoms. The second-order valence-electron chi connectivity index (χ2n) is 15.4. The number of ether oxygens (including phenoxy) is 1. The van der Waals surface area contributed by atoms with Gasteiger partial charge in [-0.05, 0) is 107 Å². The number of anilines is 2. The second kappa shape index (κ2) is 18.6. The summed E-state index contributed by atoms with van der Waals surface area (Å²) in [7, 11) is 0. The molecule has 2 atom stereocenters. The van der Waals surface area contributed by atoms with Gasteiger partial charge in [-0.3, -0.25) is 24.1 Å². The largest absolute Gasteiger partial charge is 0.473 e. The Balaban J connectivity index is 0.787. The molecule has 7 rings (SSSR count). The molecule has 2 saturated heterocycles. The van der Waals surface area contributed by atoms with E-state index in [4.69, 9.17) is 4.74 Å². The highest BCUT2D eigenvalue weighted by Gasteiger charge is 2.38. The second-order valence-corrected chi connectivity index (χ2v) is 15.4. The third kappa shape index (κ3) is 9.93. The van der Waals surface area contributed by atoms with Crippen molar-refractivity contribution in [1.82, 2.24) is 45.6 Å². The summed E-state index contributed by atoms with van der Waals surface area (Å²) in [5.74, 6) is -1.39. The molecule has 3 aromatic heterocycles. The summed E-state index contributed by atoms with van der Waals surface area (Å²) >= 11 is 0. The molecule has 0 radical (unpaired) electrons. The molecule has 1 aromatic carbocycles. The van der Waals surface area contributed by atoms with Crippen LogP contribution in [0.5, 0.6) is 5.88 Å². The van der Waals surface area contributed by atoms with Gasteiger partial charge in [0.1, 0.15) is 24.2 Å². The van der Waals surface area contributed by atoms with Crippen LogP contribution in [0, 0.1) is 12.8 Å². The van der Waals surface area contributed by atoms with Crippen LogP contribution in [-0.4, -0.2) is 116 Å². The average Bonchev–Trinajstić information content (AvgIpc) is 3.67. The van der Waals surface area contributed by atoms with Crippen LogP contribution < -0.4 is 30.9 Å². The Labute approximate surface area is 343 Å². The average molecular weight is 836 g/mol. The van der Waals surface area contributed by atoms with Crippen LogP contribution in [0.25, 0.3) is 5.65 Å². The zero-order valence-corrected chi connectivity index (χ0v) is 33.0. The fraction of sp³-hybridized carbons (Fsp3) is 0.500. The fourth-order valence-corrected chi connectivity index (χ4v) is 8.02. The van der Waals surface area contributed by atoms with E-state index < -0.39 is 36.1 Å². The van der Waals surface area contributed by atoms with Crippen molar-refractivity contribution < 1.29 is 42.2 Å². The van der Waals surface area contributed by atoms with Gasteiger partial charge in [0.25, 0.3) is 17.6 Å². The third-order valence-electron chi connectivity index (χ3n) is 11.4. The number of hydrogen-bond donors (Lipinski definition) is 5. The van der Waals surface area contributed by atoms with E-state index in [9.17, 15) is 37.5 Å². The number of pyridine rings is 1. The van der Waals surface area contributed by atoms with E-state index in [-0.39, 0.29) is 42.4 Å². The first kappa shape index (κ1) is 42.2. The van der Waals surface area contributed by atoms with Crippen molar-refractivity contribution in [2.24, 2.45) is 5.92 Å². The lowest BCUT2D eigenvalue weighted by Gasteiger charge is -2.35. The Kier molecular flexibility index (Phi) is 13.1. The number of alkyl halides is 3. The van der Waals surface area contributed by atoms with Crippen LogP contribution >= 0.6 is 0 Å². The van der Waals surface area contributed by atoms with Crippen molar-refractivity contribution in [1.29, 1.82) is 0 Å². The van der Waals surface area contributed by atoms with Crippen LogP contribution in [0.4, 0.5) is 24.7 Å². The van der Waals surface area contributed by atoms with Gasteiger partial charge in [-0.15, -0.1) is 15.3 Å². The molecule has 5 heterocycles. The summed E-state index contributed by atoms with van der Waals surface area (Å²) in [4.78, 5) is 58.3. The monoisotopic (exact) mass is 835 g/mol. The lowest BCUT2D eigenvalue weighted by Crippen LogP contribution is -2.55. The number of halogens is 3. The maximum Gasteiger partial charge on any atom is 0.453 e. The number of imide groups is 1. The fourth-order valence-electron chi connectivity index (χ4n) is 8.02. The summed E-state index contributed by atoms with van der Waals surface area (Å²) in [6.45, 7) is 5.66. The van der Waals surface area contributed by atoms with E-state index in [1.165, 1.54) is 18.3 Å². The number of benzene rings is 1. The maximum absolute atomic E-state index is 13.4. The molecule has 4 amide bonds. The predicted octanol–water partition coefficient (Wildman–Crippen LogP) is 3.08. The van der Waals surface area contributed by atoms with Gasteiger partial charge in [-0.2, -0.15) is 17.7 Å². The van der Waals surface area contributed by atoms with Crippen molar-refractivity contribution in [3.8, 4) is 5.88 Å². The quantitative estimate of drug-likeness (QED) is 0.0916. The highest BCUT2D eigenvalue weighted by Crippen LogP contribution is 2.31. The molecular formula is C40H48F3N11O6. The van der Waals surface area contributed by atoms with Crippen molar-refractivity contribution in [3.05, 3.63) is 71.2 Å². The number of fused-ring (bicyclic) bond motifs is 1. The van der Waals surface area contributed by atoms with Crippen LogP contribution in [0.15, 0.2) is 48.7 Å². The summed E-state index contributed by atoms with van der Waals surface area (Å²) in [5.41, 5.74) is 2.43. The molecule has 0 spiro atoms. The number of piperidine rings is 2. The zero-order chi connectivity index (χ0) is 42.4. The summed E-state index contributed by atoms with van der Waals surface area (Å²) in [5, 5.41) is 32.6. The van der Waals surface area contributed by atoms with Gasteiger partial charge in [0.15, 0.2) is 5.65 Å². The molecule has 17 nitrogen and oxygen atoms in total. The molecule has 1 saturated carbocycles. The molecule has 2 aliphatic heterocycles. The number of amides is 4. The van der Waals surface area contributed by atoms with Crippen LogP contribution in [0.2, 0.25) is 0 Å². The number of aliphatic hydroxyl groups is 1. The molecule has 1 aliphatic carbocycles. The van der Waals surface area contributed by atoms with E-state index in [0.717, 1.165) is 48.6 Å². The highest BCUT2D eigenvalue weighted by atomic mass is 19.4. The topological polar surface area (TPSA) is 208 Å². The Morgan fingerprint density at radius 3 is 2.48 bits per heavy atom. The molecule has 2 unspecified atom stereocenters. The van der Waals surface area contributed by atoms with E-state index in [1.807, 2.05) is 13.0 Å². The van der Waals surface area contributed by atoms with Crippen molar-refractivity contribution in [3.63, 3.8) is 0 Å². The molecule has 4 aromatic rings. The standard InChI is InChI=1S/C40H48F3N11O6/c1-24-29(38(59)53(23-55)31-10-13-34(56)48-37(31)58)3-2-4-30(24)52-19-15-25(16-20-52)21-44-17-18-45-32-11-5-26(22-46-32)36(57)47-27-6-8-28(9-7-27)60-35-14-12-33-49-50-39(40(41,42)43)54(33)51-35/h2-5,11-12,14,22-23,25,27-28,31,34,44,56H,6-10,13,15-21H2,1H3,(H,45,46)(H,47,57)(H,48,58). The molecule has 3 aliphatic rings. The minimum absolute atomic E-state index is 0.0322. The van der Waals surface area contributed by atoms with E-state index in [0.29, 0.717) is 72.6 Å². The minimum atomic E-state index is -4.70. The van der Waals surface area contributed by atoms with Crippen LogP contribution in [0.3, 0.4) is 0 Å². The molecular weight excluding hydrogens is 788 g/mol. The van der Waals surface area contributed by atoms with Gasteiger partial charge in [0, 0.05) is 55.7 Å². The number of aromatic nitrogens is 5.